The Morgan fingerprint density at radius 1 is 1.59 bits per heavy atom. The van der Waals surface area contributed by atoms with Crippen LogP contribution in [-0.4, -0.2) is 16.1 Å². The lowest BCUT2D eigenvalue weighted by Gasteiger charge is -2.22. The lowest BCUT2D eigenvalue weighted by Crippen LogP contribution is -2.34. The molecule has 0 saturated heterocycles. The van der Waals surface area contributed by atoms with Crippen LogP contribution in [0.15, 0.2) is 9.97 Å². The number of nitrogens with zero attached hydrogens (tertiary/aromatic N) is 3. The molecular formula is C11H16N4O2. The van der Waals surface area contributed by atoms with Crippen LogP contribution in [0.4, 0.5) is 0 Å². The van der Waals surface area contributed by atoms with Crippen molar-refractivity contribution >= 4 is 0 Å². The zero-order chi connectivity index (χ0) is 12.4. The molecule has 2 N–H and O–H groups in total. The van der Waals surface area contributed by atoms with E-state index in [1.807, 2.05) is 0 Å². The molecule has 92 valence electrons. The van der Waals surface area contributed by atoms with Crippen molar-refractivity contribution < 1.29 is 0 Å². The van der Waals surface area contributed by atoms with Crippen molar-refractivity contribution in [2.45, 2.75) is 38.8 Å². The van der Waals surface area contributed by atoms with Gasteiger partial charge in [-0.1, -0.05) is 5.18 Å². The second-order valence-corrected chi connectivity index (χ2v) is 4.29. The Morgan fingerprint density at radius 3 is 3.00 bits per heavy atom. The van der Waals surface area contributed by atoms with E-state index in [9.17, 15) is 9.70 Å². The molecule has 1 aromatic heterocycles. The van der Waals surface area contributed by atoms with E-state index in [-0.39, 0.29) is 5.56 Å². The number of fused-ring (bicyclic) bond motifs is 1. The second kappa shape index (κ2) is 4.75. The van der Waals surface area contributed by atoms with Crippen LogP contribution < -0.4 is 11.3 Å². The molecule has 2 rings (SSSR count). The van der Waals surface area contributed by atoms with Gasteiger partial charge in [-0.05, 0) is 32.7 Å². The average Bonchev–Trinajstić information content (AvgIpc) is 2.34. The zero-order valence-electron chi connectivity index (χ0n) is 9.85. The molecule has 0 aromatic carbocycles. The van der Waals surface area contributed by atoms with Crippen LogP contribution in [-0.2, 0) is 13.0 Å². The Kier molecular flexibility index (Phi) is 3.33. The predicted octanol–water partition coefficient (Wildman–Crippen LogP) is 0.654. The van der Waals surface area contributed by atoms with Crippen LogP contribution in [0.3, 0.4) is 0 Å². The van der Waals surface area contributed by atoms with Gasteiger partial charge in [0.25, 0.3) is 5.56 Å². The number of nitroso groups, excluding NO2 is 1. The summed E-state index contributed by atoms with van der Waals surface area (Å²) in [4.78, 5) is 27.3. The van der Waals surface area contributed by atoms with Gasteiger partial charge in [0.05, 0.1) is 0 Å². The standard InChI is InChI=1S/C11H16N4O2/c1-7-8(4-5-12)11(16)15-6-2-3-9(14-17)10(15)13-7/h9H,2-6,12H2,1H3. The first kappa shape index (κ1) is 11.9. The number of hydrogen-bond donors (Lipinski definition) is 1. The average molecular weight is 236 g/mol. The van der Waals surface area contributed by atoms with Crippen molar-refractivity contribution in [2.24, 2.45) is 10.9 Å². The maximum Gasteiger partial charge on any atom is 0.257 e. The summed E-state index contributed by atoms with van der Waals surface area (Å²) in [5, 5.41) is 3.05. The first-order valence-corrected chi connectivity index (χ1v) is 5.81. The van der Waals surface area contributed by atoms with Crippen LogP contribution in [0.1, 0.15) is 36.0 Å². The van der Waals surface area contributed by atoms with E-state index in [1.54, 1.807) is 11.5 Å². The summed E-state index contributed by atoms with van der Waals surface area (Å²) >= 11 is 0. The number of aromatic nitrogens is 2. The molecule has 0 fully saturated rings. The van der Waals surface area contributed by atoms with Crippen LogP contribution in [0.2, 0.25) is 0 Å². The molecule has 0 bridgehead atoms. The summed E-state index contributed by atoms with van der Waals surface area (Å²) in [5.41, 5.74) is 6.74. The van der Waals surface area contributed by atoms with Crippen molar-refractivity contribution in [3.05, 3.63) is 32.3 Å². The van der Waals surface area contributed by atoms with E-state index < -0.39 is 6.04 Å². The third-order valence-corrected chi connectivity index (χ3v) is 3.18. The molecule has 1 aromatic rings. The fourth-order valence-corrected chi connectivity index (χ4v) is 2.30. The van der Waals surface area contributed by atoms with E-state index in [1.165, 1.54) is 0 Å². The van der Waals surface area contributed by atoms with Gasteiger partial charge in [0.2, 0.25) is 0 Å². The van der Waals surface area contributed by atoms with Gasteiger partial charge in [0.1, 0.15) is 11.9 Å². The highest BCUT2D eigenvalue weighted by molar-refractivity contribution is 5.20. The zero-order valence-corrected chi connectivity index (χ0v) is 9.85. The van der Waals surface area contributed by atoms with Gasteiger partial charge in [-0.25, -0.2) is 4.98 Å². The first-order chi connectivity index (χ1) is 8.19. The third-order valence-electron chi connectivity index (χ3n) is 3.18. The Hall–Kier alpha value is -1.56. The van der Waals surface area contributed by atoms with Crippen LogP contribution >= 0.6 is 0 Å². The molecular weight excluding hydrogens is 220 g/mol. The number of nitrogens with two attached hydrogens (primary N) is 1. The van der Waals surface area contributed by atoms with Crippen molar-refractivity contribution in [1.29, 1.82) is 0 Å². The maximum atomic E-state index is 12.2. The molecule has 0 spiro atoms. The fourth-order valence-electron chi connectivity index (χ4n) is 2.30. The smallest absolute Gasteiger partial charge is 0.257 e. The van der Waals surface area contributed by atoms with E-state index in [0.717, 1.165) is 6.42 Å². The van der Waals surface area contributed by atoms with Gasteiger partial charge in [-0.2, -0.15) is 4.91 Å². The van der Waals surface area contributed by atoms with Gasteiger partial charge in [-0.3, -0.25) is 9.36 Å². The minimum atomic E-state index is -0.484. The van der Waals surface area contributed by atoms with Crippen LogP contribution in [0.5, 0.6) is 0 Å². The van der Waals surface area contributed by atoms with E-state index >= 15 is 0 Å². The number of hydrogen-bond acceptors (Lipinski definition) is 5. The summed E-state index contributed by atoms with van der Waals surface area (Å²) in [6, 6.07) is -0.484. The monoisotopic (exact) mass is 236 g/mol. The Labute approximate surface area is 98.8 Å². The van der Waals surface area contributed by atoms with Gasteiger partial charge in [0, 0.05) is 17.8 Å². The lowest BCUT2D eigenvalue weighted by atomic mass is 10.1. The van der Waals surface area contributed by atoms with Crippen LogP contribution in [0.25, 0.3) is 0 Å². The molecule has 2 heterocycles. The normalized spacial score (nSPS) is 18.8. The van der Waals surface area contributed by atoms with Gasteiger partial charge in [0.15, 0.2) is 0 Å². The molecule has 17 heavy (non-hydrogen) atoms. The molecule has 0 aliphatic carbocycles. The molecule has 1 unspecified atom stereocenters. The first-order valence-electron chi connectivity index (χ1n) is 5.81. The van der Waals surface area contributed by atoms with Crippen LogP contribution in [0, 0.1) is 11.8 Å². The highest BCUT2D eigenvalue weighted by Gasteiger charge is 2.25. The van der Waals surface area contributed by atoms with Crippen molar-refractivity contribution in [2.75, 3.05) is 6.54 Å². The fraction of sp³-hybridized carbons (Fsp3) is 0.636. The van der Waals surface area contributed by atoms with E-state index in [2.05, 4.69) is 10.2 Å². The summed E-state index contributed by atoms with van der Waals surface area (Å²) in [7, 11) is 0. The minimum absolute atomic E-state index is 0.0636. The SMILES string of the molecule is Cc1nc2n(c(=O)c1CCN)CCCC2N=O. The molecule has 0 saturated carbocycles. The van der Waals surface area contributed by atoms with E-state index in [0.29, 0.717) is 43.0 Å². The molecule has 6 heteroatoms. The minimum Gasteiger partial charge on any atom is -0.330 e. The molecule has 0 radical (unpaired) electrons. The largest absolute Gasteiger partial charge is 0.330 e. The molecule has 1 aliphatic rings. The van der Waals surface area contributed by atoms with Gasteiger partial charge in [-0.15, -0.1) is 0 Å². The quantitative estimate of drug-likeness (QED) is 0.780. The van der Waals surface area contributed by atoms with Gasteiger partial charge >= 0.3 is 0 Å². The van der Waals surface area contributed by atoms with E-state index in [4.69, 9.17) is 5.73 Å². The molecule has 0 amide bonds. The Morgan fingerprint density at radius 2 is 2.35 bits per heavy atom. The highest BCUT2D eigenvalue weighted by atomic mass is 16.3. The Balaban J connectivity index is 2.59. The van der Waals surface area contributed by atoms with Gasteiger partial charge < -0.3 is 5.73 Å². The Bertz CT molecular complexity index is 495. The third kappa shape index (κ3) is 2.00. The molecule has 1 atom stereocenters. The lowest BCUT2D eigenvalue weighted by molar-refractivity contribution is 0.427. The number of aryl methyl sites for hydroxylation is 1. The summed E-state index contributed by atoms with van der Waals surface area (Å²) in [6.07, 6.45) is 1.98. The van der Waals surface area contributed by atoms with Crippen molar-refractivity contribution in [1.82, 2.24) is 9.55 Å². The second-order valence-electron chi connectivity index (χ2n) is 4.29. The highest BCUT2D eigenvalue weighted by Crippen LogP contribution is 2.25. The predicted molar refractivity (Wildman–Crippen MR) is 63.8 cm³/mol. The van der Waals surface area contributed by atoms with Crippen molar-refractivity contribution in [3.63, 3.8) is 0 Å². The maximum absolute atomic E-state index is 12.2. The summed E-state index contributed by atoms with van der Waals surface area (Å²) in [5.74, 6) is 0.509. The topological polar surface area (TPSA) is 90.3 Å². The number of rotatable bonds is 3. The summed E-state index contributed by atoms with van der Waals surface area (Å²) in [6.45, 7) is 2.82. The molecule has 6 nitrogen and oxygen atoms in total. The molecule has 1 aliphatic heterocycles. The summed E-state index contributed by atoms with van der Waals surface area (Å²) < 4.78 is 1.58. The van der Waals surface area contributed by atoms with Crippen molar-refractivity contribution in [3.8, 4) is 0 Å².